The minimum absolute atomic E-state index is 0.296. The Morgan fingerprint density at radius 2 is 2.12 bits per heavy atom. The highest BCUT2D eigenvalue weighted by Gasteiger charge is 2.10. The van der Waals surface area contributed by atoms with Crippen LogP contribution in [0.3, 0.4) is 0 Å². The van der Waals surface area contributed by atoms with E-state index in [-0.39, 0.29) is 0 Å². The molecule has 24 heavy (non-hydrogen) atoms. The van der Waals surface area contributed by atoms with Gasteiger partial charge in [0.2, 0.25) is 0 Å². The molecule has 1 saturated heterocycles. The van der Waals surface area contributed by atoms with Crippen molar-refractivity contribution in [2.24, 2.45) is 0 Å². The van der Waals surface area contributed by atoms with Crippen LogP contribution in [0.4, 0.5) is 0 Å². The fraction of sp³-hybridized carbons (Fsp3) is 0.579. The zero-order valence-electron chi connectivity index (χ0n) is 14.5. The molecular weight excluding hydrogens is 304 g/mol. The number of benzene rings is 1. The summed E-state index contributed by atoms with van der Waals surface area (Å²) >= 11 is 0. The van der Waals surface area contributed by atoms with Gasteiger partial charge in [-0.2, -0.15) is 0 Å². The first-order valence-electron chi connectivity index (χ1n) is 8.80. The fourth-order valence-electron chi connectivity index (χ4n) is 2.73. The van der Waals surface area contributed by atoms with Gasteiger partial charge in [0.25, 0.3) is 0 Å². The Kier molecular flexibility index (Phi) is 8.84. The van der Waals surface area contributed by atoms with Gasteiger partial charge in [-0.05, 0) is 37.6 Å². The monoisotopic (exact) mass is 334 g/mol. The number of ether oxygens (including phenoxy) is 2. The van der Waals surface area contributed by atoms with Crippen LogP contribution in [0, 0.1) is 0 Å². The molecule has 1 aliphatic rings. The summed E-state index contributed by atoms with van der Waals surface area (Å²) in [5.41, 5.74) is 1.10. The lowest BCUT2D eigenvalue weighted by molar-refractivity contribution is 0.0373. The van der Waals surface area contributed by atoms with Gasteiger partial charge < -0.3 is 19.9 Å². The first-order chi connectivity index (χ1) is 11.8. The topological polar surface area (TPSA) is 54.0 Å². The van der Waals surface area contributed by atoms with E-state index in [1.165, 1.54) is 0 Å². The van der Waals surface area contributed by atoms with Gasteiger partial charge in [0.15, 0.2) is 0 Å². The average Bonchev–Trinajstić information content (AvgIpc) is 2.62. The van der Waals surface area contributed by atoms with E-state index in [9.17, 15) is 5.11 Å². The van der Waals surface area contributed by atoms with Crippen molar-refractivity contribution in [3.8, 4) is 5.75 Å². The second kappa shape index (κ2) is 11.2. The molecule has 1 aliphatic heterocycles. The minimum atomic E-state index is -0.509. The van der Waals surface area contributed by atoms with Crippen LogP contribution in [0.2, 0.25) is 0 Å². The maximum atomic E-state index is 10.0. The molecule has 0 aromatic heterocycles. The molecule has 1 aromatic rings. The molecule has 5 heteroatoms. The van der Waals surface area contributed by atoms with Crippen molar-refractivity contribution < 1.29 is 14.6 Å². The Labute approximate surface area is 145 Å². The first kappa shape index (κ1) is 18.9. The number of hydrogen-bond acceptors (Lipinski definition) is 5. The van der Waals surface area contributed by atoms with E-state index >= 15 is 0 Å². The number of morpholine rings is 1. The van der Waals surface area contributed by atoms with Crippen LogP contribution < -0.4 is 10.1 Å². The highest BCUT2D eigenvalue weighted by Crippen LogP contribution is 2.18. The van der Waals surface area contributed by atoms with Gasteiger partial charge >= 0.3 is 0 Å². The highest BCUT2D eigenvalue weighted by molar-refractivity contribution is 5.34. The molecule has 0 spiro atoms. The number of aliphatic hydroxyl groups is 1. The Bertz CT molecular complexity index is 475. The average molecular weight is 334 g/mol. The molecule has 1 heterocycles. The molecule has 1 unspecified atom stereocenters. The minimum Gasteiger partial charge on any atom is -0.491 e. The summed E-state index contributed by atoms with van der Waals surface area (Å²) in [5.74, 6) is 0.823. The molecule has 0 radical (unpaired) electrons. The van der Waals surface area contributed by atoms with Gasteiger partial charge in [0.1, 0.15) is 18.5 Å². The Morgan fingerprint density at radius 1 is 1.33 bits per heavy atom. The SMILES string of the molecule is C=CCc1ccccc1OCC(O)CNCCCN1CCOCC1. The number of allylic oxidation sites excluding steroid dienone is 1. The van der Waals surface area contributed by atoms with Crippen LogP contribution in [-0.4, -0.2) is 68.7 Å². The number of nitrogens with zero attached hydrogens (tertiary/aromatic N) is 1. The second-order valence-electron chi connectivity index (χ2n) is 6.08. The van der Waals surface area contributed by atoms with Crippen LogP contribution in [0.15, 0.2) is 36.9 Å². The number of rotatable bonds is 11. The molecule has 2 N–H and O–H groups in total. The largest absolute Gasteiger partial charge is 0.491 e. The fourth-order valence-corrected chi connectivity index (χ4v) is 2.73. The maximum Gasteiger partial charge on any atom is 0.122 e. The van der Waals surface area contributed by atoms with Crippen molar-refractivity contribution in [1.29, 1.82) is 0 Å². The summed E-state index contributed by atoms with van der Waals surface area (Å²) in [6.07, 6.45) is 3.20. The highest BCUT2D eigenvalue weighted by atomic mass is 16.5. The van der Waals surface area contributed by atoms with Crippen molar-refractivity contribution in [3.63, 3.8) is 0 Å². The molecule has 1 aromatic carbocycles. The molecule has 1 fully saturated rings. The molecule has 0 amide bonds. The van der Waals surface area contributed by atoms with E-state index in [4.69, 9.17) is 9.47 Å². The van der Waals surface area contributed by atoms with Crippen molar-refractivity contribution >= 4 is 0 Å². The summed E-state index contributed by atoms with van der Waals surface area (Å²) in [6.45, 7) is 10.3. The van der Waals surface area contributed by atoms with E-state index in [0.29, 0.717) is 13.2 Å². The third-order valence-corrected chi connectivity index (χ3v) is 4.08. The number of para-hydroxylation sites is 1. The van der Waals surface area contributed by atoms with E-state index < -0.39 is 6.10 Å². The Hall–Kier alpha value is -1.40. The lowest BCUT2D eigenvalue weighted by atomic mass is 10.1. The van der Waals surface area contributed by atoms with Crippen molar-refractivity contribution in [3.05, 3.63) is 42.5 Å². The van der Waals surface area contributed by atoms with E-state index in [1.807, 2.05) is 30.3 Å². The molecule has 5 nitrogen and oxygen atoms in total. The zero-order valence-corrected chi connectivity index (χ0v) is 14.5. The van der Waals surface area contributed by atoms with Crippen LogP contribution in [0.5, 0.6) is 5.75 Å². The third-order valence-electron chi connectivity index (χ3n) is 4.08. The predicted molar refractivity (Wildman–Crippen MR) is 96.6 cm³/mol. The van der Waals surface area contributed by atoms with Gasteiger partial charge in [-0.25, -0.2) is 0 Å². The molecule has 0 bridgehead atoms. The van der Waals surface area contributed by atoms with Crippen LogP contribution in [0.25, 0.3) is 0 Å². The molecule has 0 saturated carbocycles. The smallest absolute Gasteiger partial charge is 0.122 e. The number of nitrogens with one attached hydrogen (secondary N) is 1. The molecule has 1 atom stereocenters. The summed E-state index contributed by atoms with van der Waals surface area (Å²) < 4.78 is 11.1. The molecular formula is C19H30N2O3. The first-order valence-corrected chi connectivity index (χ1v) is 8.80. The summed E-state index contributed by atoms with van der Waals surface area (Å²) in [6, 6.07) is 7.88. The normalized spacial score (nSPS) is 16.7. The molecule has 134 valence electrons. The van der Waals surface area contributed by atoms with Crippen molar-refractivity contribution in [2.45, 2.75) is 18.9 Å². The van der Waals surface area contributed by atoms with Crippen molar-refractivity contribution in [1.82, 2.24) is 10.2 Å². The Morgan fingerprint density at radius 3 is 2.92 bits per heavy atom. The van der Waals surface area contributed by atoms with Crippen LogP contribution in [0.1, 0.15) is 12.0 Å². The van der Waals surface area contributed by atoms with Crippen LogP contribution >= 0.6 is 0 Å². The van der Waals surface area contributed by atoms with Gasteiger partial charge in [0.05, 0.1) is 13.2 Å². The van der Waals surface area contributed by atoms with Crippen molar-refractivity contribution in [2.75, 3.05) is 52.5 Å². The lowest BCUT2D eigenvalue weighted by Gasteiger charge is -2.26. The van der Waals surface area contributed by atoms with E-state index in [2.05, 4.69) is 16.8 Å². The summed E-state index contributed by atoms with van der Waals surface area (Å²) in [4.78, 5) is 2.42. The lowest BCUT2D eigenvalue weighted by Crippen LogP contribution is -2.38. The number of hydrogen-bond donors (Lipinski definition) is 2. The van der Waals surface area contributed by atoms with Gasteiger partial charge in [-0.1, -0.05) is 24.3 Å². The standard InChI is InChI=1S/C19H30N2O3/c1-2-6-17-7-3-4-8-19(17)24-16-18(22)15-20-9-5-10-21-11-13-23-14-12-21/h2-4,7-8,18,20,22H,1,5-6,9-16H2. The number of aliphatic hydroxyl groups excluding tert-OH is 1. The van der Waals surface area contributed by atoms with Gasteiger partial charge in [0, 0.05) is 19.6 Å². The Balaban J connectivity index is 1.56. The van der Waals surface area contributed by atoms with Gasteiger partial charge in [-0.15, -0.1) is 6.58 Å². The van der Waals surface area contributed by atoms with E-state index in [1.54, 1.807) is 0 Å². The zero-order chi connectivity index (χ0) is 17.0. The van der Waals surface area contributed by atoms with E-state index in [0.717, 1.165) is 63.5 Å². The second-order valence-corrected chi connectivity index (χ2v) is 6.08. The quantitative estimate of drug-likeness (QED) is 0.474. The third kappa shape index (κ3) is 7.01. The summed E-state index contributed by atoms with van der Waals surface area (Å²) in [7, 11) is 0. The molecule has 2 rings (SSSR count). The van der Waals surface area contributed by atoms with Crippen LogP contribution in [-0.2, 0) is 11.2 Å². The predicted octanol–water partition coefficient (Wildman–Crippen LogP) is 1.47. The molecule has 0 aliphatic carbocycles. The summed E-state index contributed by atoms with van der Waals surface area (Å²) in [5, 5.41) is 13.3. The van der Waals surface area contributed by atoms with Gasteiger partial charge in [-0.3, -0.25) is 4.90 Å². The maximum absolute atomic E-state index is 10.0.